The van der Waals surface area contributed by atoms with E-state index in [1.54, 1.807) is 24.3 Å². The molecule has 0 fully saturated rings. The second kappa shape index (κ2) is 9.35. The lowest BCUT2D eigenvalue weighted by Crippen LogP contribution is -2.40. The van der Waals surface area contributed by atoms with E-state index in [9.17, 15) is 13.2 Å². The first-order valence-electron chi connectivity index (χ1n) is 11.5. The second-order valence-electron chi connectivity index (χ2n) is 8.69. The zero-order valence-corrected chi connectivity index (χ0v) is 20.1. The van der Waals surface area contributed by atoms with Gasteiger partial charge >= 0.3 is 0 Å². The van der Waals surface area contributed by atoms with Crippen LogP contribution in [0, 0.1) is 6.92 Å². The summed E-state index contributed by atoms with van der Waals surface area (Å²) in [5.74, 6) is -1.64. The molecule has 0 spiro atoms. The second-order valence-corrected chi connectivity index (χ2v) is 10.6. The summed E-state index contributed by atoms with van der Waals surface area (Å²) in [4.78, 5) is 14.1. The zero-order chi connectivity index (χ0) is 24.4. The number of allylic oxidation sites excluding steroid dienone is 1. The SMILES string of the molecule is Cc1ccc(S(=O)(=O)C2=C(c3ccccc3)NC(=O)[C@H](c3ccccc3)[C@H]2c2ccccc2)cc1. The molecule has 0 saturated heterocycles. The van der Waals surface area contributed by atoms with Crippen molar-refractivity contribution in [3.05, 3.63) is 142 Å². The number of carbonyl (C=O) groups is 1. The third-order valence-corrected chi connectivity index (χ3v) is 8.32. The van der Waals surface area contributed by atoms with Gasteiger partial charge in [0, 0.05) is 5.92 Å². The molecule has 174 valence electrons. The maximum atomic E-state index is 14.3. The van der Waals surface area contributed by atoms with Gasteiger partial charge in [-0.3, -0.25) is 4.79 Å². The Morgan fingerprint density at radius 1 is 0.629 bits per heavy atom. The number of rotatable bonds is 5. The predicted molar refractivity (Wildman–Crippen MR) is 138 cm³/mol. The van der Waals surface area contributed by atoms with Crippen molar-refractivity contribution in [2.24, 2.45) is 0 Å². The Morgan fingerprint density at radius 2 is 1.11 bits per heavy atom. The maximum absolute atomic E-state index is 14.3. The molecular weight excluding hydrogens is 454 g/mol. The third kappa shape index (κ3) is 4.31. The Labute approximate surface area is 205 Å². The lowest BCUT2D eigenvalue weighted by atomic mass is 9.77. The van der Waals surface area contributed by atoms with Gasteiger partial charge in [-0.15, -0.1) is 0 Å². The molecule has 5 rings (SSSR count). The molecule has 5 heteroatoms. The number of hydrogen-bond donors (Lipinski definition) is 1. The molecule has 1 aliphatic rings. The van der Waals surface area contributed by atoms with Crippen LogP contribution in [0.25, 0.3) is 5.70 Å². The highest BCUT2D eigenvalue weighted by Crippen LogP contribution is 2.48. The van der Waals surface area contributed by atoms with Gasteiger partial charge in [-0.2, -0.15) is 0 Å². The molecule has 0 bridgehead atoms. The summed E-state index contributed by atoms with van der Waals surface area (Å²) < 4.78 is 28.7. The summed E-state index contributed by atoms with van der Waals surface area (Å²) in [5.41, 5.74) is 3.49. The molecule has 0 unspecified atom stereocenters. The number of amides is 1. The molecule has 0 aliphatic carbocycles. The minimum atomic E-state index is -3.97. The lowest BCUT2D eigenvalue weighted by Gasteiger charge is -2.35. The van der Waals surface area contributed by atoms with Crippen molar-refractivity contribution >= 4 is 21.4 Å². The van der Waals surface area contributed by atoms with E-state index in [0.29, 0.717) is 11.3 Å². The molecule has 1 amide bonds. The Kier molecular flexibility index (Phi) is 6.10. The van der Waals surface area contributed by atoms with E-state index in [1.165, 1.54) is 0 Å². The molecule has 2 atom stereocenters. The van der Waals surface area contributed by atoms with Crippen molar-refractivity contribution in [3.8, 4) is 0 Å². The fourth-order valence-corrected chi connectivity index (χ4v) is 6.49. The average molecular weight is 480 g/mol. The van der Waals surface area contributed by atoms with Gasteiger partial charge in [-0.25, -0.2) is 8.42 Å². The van der Waals surface area contributed by atoms with Gasteiger partial charge in [0.05, 0.1) is 21.4 Å². The Balaban J connectivity index is 1.85. The molecule has 4 aromatic rings. The highest BCUT2D eigenvalue weighted by Gasteiger charge is 2.45. The monoisotopic (exact) mass is 479 g/mol. The number of nitrogens with one attached hydrogen (secondary N) is 1. The molecule has 1 N–H and O–H groups in total. The first-order chi connectivity index (χ1) is 17.0. The van der Waals surface area contributed by atoms with Crippen LogP contribution in [0.5, 0.6) is 0 Å². The van der Waals surface area contributed by atoms with Gasteiger partial charge < -0.3 is 5.32 Å². The van der Waals surface area contributed by atoms with Gasteiger partial charge in [0.1, 0.15) is 0 Å². The Hall–Kier alpha value is -3.96. The van der Waals surface area contributed by atoms with E-state index in [2.05, 4.69) is 5.32 Å². The standard InChI is InChI=1S/C30H25NO3S/c1-21-17-19-25(20-18-21)35(33,34)29-26(22-11-5-2-6-12-22)27(23-13-7-3-8-14-23)30(32)31-28(29)24-15-9-4-10-16-24/h2-20,26-27H,1H3,(H,31,32)/t26-,27-/m1/s1. The topological polar surface area (TPSA) is 63.2 Å². The molecule has 1 heterocycles. The van der Waals surface area contributed by atoms with E-state index in [0.717, 1.165) is 16.7 Å². The third-order valence-electron chi connectivity index (χ3n) is 6.39. The molecule has 4 nitrogen and oxygen atoms in total. The van der Waals surface area contributed by atoms with E-state index in [4.69, 9.17) is 0 Å². The molecule has 1 aliphatic heterocycles. The van der Waals surface area contributed by atoms with Gasteiger partial charge in [0.15, 0.2) is 0 Å². The molecular formula is C30H25NO3S. The van der Waals surface area contributed by atoms with Gasteiger partial charge in [-0.05, 0) is 35.7 Å². The van der Waals surface area contributed by atoms with E-state index >= 15 is 0 Å². The van der Waals surface area contributed by atoms with Crippen LogP contribution in [-0.4, -0.2) is 14.3 Å². The Bertz CT molecular complexity index is 1480. The first-order valence-corrected chi connectivity index (χ1v) is 13.0. The van der Waals surface area contributed by atoms with Crippen molar-refractivity contribution in [1.29, 1.82) is 0 Å². The minimum absolute atomic E-state index is 0.201. The Morgan fingerprint density at radius 3 is 1.66 bits per heavy atom. The summed E-state index contributed by atoms with van der Waals surface area (Å²) in [6.07, 6.45) is 0. The molecule has 0 radical (unpaired) electrons. The van der Waals surface area contributed by atoms with E-state index < -0.39 is 21.7 Å². The van der Waals surface area contributed by atoms with Gasteiger partial charge in [0.25, 0.3) is 0 Å². The average Bonchev–Trinajstić information content (AvgIpc) is 2.89. The highest BCUT2D eigenvalue weighted by atomic mass is 32.2. The van der Waals surface area contributed by atoms with Gasteiger partial charge in [0.2, 0.25) is 15.7 Å². The van der Waals surface area contributed by atoms with Crippen molar-refractivity contribution in [3.63, 3.8) is 0 Å². The number of carbonyl (C=O) groups excluding carboxylic acids is 1. The minimum Gasteiger partial charge on any atom is -0.324 e. The van der Waals surface area contributed by atoms with E-state index in [1.807, 2.05) is 97.9 Å². The van der Waals surface area contributed by atoms with Crippen molar-refractivity contribution < 1.29 is 13.2 Å². The molecule has 0 aromatic heterocycles. The quantitative estimate of drug-likeness (QED) is 0.391. The first kappa shape index (κ1) is 22.8. The van der Waals surface area contributed by atoms with Crippen LogP contribution >= 0.6 is 0 Å². The van der Waals surface area contributed by atoms with Crippen molar-refractivity contribution in [1.82, 2.24) is 5.32 Å². The maximum Gasteiger partial charge on any atom is 0.232 e. The smallest absolute Gasteiger partial charge is 0.232 e. The van der Waals surface area contributed by atoms with Crippen LogP contribution in [0.2, 0.25) is 0 Å². The summed E-state index contributed by atoms with van der Waals surface area (Å²) in [5, 5.41) is 2.98. The lowest BCUT2D eigenvalue weighted by molar-refractivity contribution is -0.122. The van der Waals surface area contributed by atoms with Crippen LogP contribution in [0.3, 0.4) is 0 Å². The number of aryl methyl sites for hydroxylation is 1. The van der Waals surface area contributed by atoms with Crippen molar-refractivity contribution in [2.75, 3.05) is 0 Å². The number of benzene rings is 4. The summed E-state index contributed by atoms with van der Waals surface area (Å²) in [6.45, 7) is 1.92. The largest absolute Gasteiger partial charge is 0.324 e. The molecule has 35 heavy (non-hydrogen) atoms. The van der Waals surface area contributed by atoms with Crippen LogP contribution in [0.1, 0.15) is 34.1 Å². The normalized spacial score (nSPS) is 18.3. The highest BCUT2D eigenvalue weighted by molar-refractivity contribution is 7.95. The number of hydrogen-bond acceptors (Lipinski definition) is 3. The zero-order valence-electron chi connectivity index (χ0n) is 19.3. The molecule has 4 aromatic carbocycles. The summed E-state index contributed by atoms with van der Waals surface area (Å²) >= 11 is 0. The van der Waals surface area contributed by atoms with Crippen LogP contribution in [0.15, 0.2) is 125 Å². The van der Waals surface area contributed by atoms with E-state index in [-0.39, 0.29) is 15.7 Å². The number of sulfone groups is 1. The molecule has 0 saturated carbocycles. The fraction of sp³-hybridized carbons (Fsp3) is 0.100. The van der Waals surface area contributed by atoms with Crippen LogP contribution < -0.4 is 5.32 Å². The van der Waals surface area contributed by atoms with Crippen molar-refractivity contribution in [2.45, 2.75) is 23.7 Å². The summed E-state index contributed by atoms with van der Waals surface area (Å²) in [7, 11) is -3.97. The fourth-order valence-electron chi connectivity index (χ4n) is 4.69. The van der Waals surface area contributed by atoms with Crippen LogP contribution in [0.4, 0.5) is 0 Å². The summed E-state index contributed by atoms with van der Waals surface area (Å²) in [6, 6.07) is 34.9. The van der Waals surface area contributed by atoms with Gasteiger partial charge in [-0.1, -0.05) is 109 Å². The van der Waals surface area contributed by atoms with Crippen LogP contribution in [-0.2, 0) is 14.6 Å². The predicted octanol–water partition coefficient (Wildman–Crippen LogP) is 5.83.